The highest BCUT2D eigenvalue weighted by molar-refractivity contribution is 7.10. The van der Waals surface area contributed by atoms with Crippen LogP contribution in [0.4, 0.5) is 0 Å². The third-order valence-corrected chi connectivity index (χ3v) is 5.17. The van der Waals surface area contributed by atoms with Gasteiger partial charge in [-0.15, -0.1) is 11.3 Å². The third-order valence-electron chi connectivity index (χ3n) is 4.23. The molecule has 1 N–H and O–H groups in total. The van der Waals surface area contributed by atoms with Crippen molar-refractivity contribution in [1.29, 1.82) is 0 Å². The zero-order chi connectivity index (χ0) is 20.6. The Kier molecular flexibility index (Phi) is 6.86. The number of amides is 1. The minimum absolute atomic E-state index is 0.221. The molecule has 1 unspecified atom stereocenters. The van der Waals surface area contributed by atoms with Crippen LogP contribution in [0, 0.1) is 0 Å². The SMILES string of the molecule is COc1ccc(C(=O)OCC(=O)NC(c2ccccc2)c2cccs2)c(OC)c1. The molecule has 0 saturated carbocycles. The lowest BCUT2D eigenvalue weighted by Crippen LogP contribution is -2.32. The lowest BCUT2D eigenvalue weighted by Gasteiger charge is -2.18. The van der Waals surface area contributed by atoms with E-state index in [9.17, 15) is 9.59 Å². The molecule has 6 nitrogen and oxygen atoms in total. The molecule has 0 radical (unpaired) electrons. The zero-order valence-electron chi connectivity index (χ0n) is 16.1. The van der Waals surface area contributed by atoms with Crippen LogP contribution in [0.25, 0.3) is 0 Å². The van der Waals surface area contributed by atoms with E-state index in [-0.39, 0.29) is 11.6 Å². The summed E-state index contributed by atoms with van der Waals surface area (Å²) in [4.78, 5) is 25.9. The van der Waals surface area contributed by atoms with Crippen molar-refractivity contribution in [3.05, 3.63) is 82.0 Å². The third kappa shape index (κ3) is 5.14. The van der Waals surface area contributed by atoms with E-state index >= 15 is 0 Å². The van der Waals surface area contributed by atoms with Gasteiger partial charge in [0.15, 0.2) is 6.61 Å². The molecule has 3 aromatic rings. The molecule has 150 valence electrons. The van der Waals surface area contributed by atoms with Gasteiger partial charge >= 0.3 is 5.97 Å². The Balaban J connectivity index is 1.66. The summed E-state index contributed by atoms with van der Waals surface area (Å²) in [6.45, 7) is -0.400. The average molecular weight is 411 g/mol. The molecule has 0 spiro atoms. The number of thiophene rings is 1. The summed E-state index contributed by atoms with van der Waals surface area (Å²) < 4.78 is 15.5. The summed E-state index contributed by atoms with van der Waals surface area (Å²) in [6.07, 6.45) is 0. The van der Waals surface area contributed by atoms with Crippen LogP contribution in [-0.4, -0.2) is 32.7 Å². The van der Waals surface area contributed by atoms with Crippen LogP contribution in [0.5, 0.6) is 11.5 Å². The summed E-state index contributed by atoms with van der Waals surface area (Å²) in [5.41, 5.74) is 1.17. The average Bonchev–Trinajstić information content (AvgIpc) is 3.30. The maximum Gasteiger partial charge on any atom is 0.342 e. The Morgan fingerprint density at radius 2 is 1.79 bits per heavy atom. The molecular weight excluding hydrogens is 390 g/mol. The molecule has 1 heterocycles. The van der Waals surface area contributed by atoms with Crippen LogP contribution < -0.4 is 14.8 Å². The van der Waals surface area contributed by atoms with E-state index in [4.69, 9.17) is 14.2 Å². The van der Waals surface area contributed by atoms with Crippen molar-refractivity contribution >= 4 is 23.2 Å². The Morgan fingerprint density at radius 1 is 1.00 bits per heavy atom. The summed E-state index contributed by atoms with van der Waals surface area (Å²) in [6, 6.07) is 18.0. The second-order valence-electron chi connectivity index (χ2n) is 6.07. The molecular formula is C22H21NO5S. The lowest BCUT2D eigenvalue weighted by molar-refractivity contribution is -0.124. The van der Waals surface area contributed by atoms with Gasteiger partial charge in [0, 0.05) is 10.9 Å². The van der Waals surface area contributed by atoms with E-state index in [1.807, 2.05) is 47.8 Å². The molecule has 0 aliphatic carbocycles. The van der Waals surface area contributed by atoms with E-state index < -0.39 is 18.5 Å². The second-order valence-corrected chi connectivity index (χ2v) is 7.05. The number of carbonyl (C=O) groups excluding carboxylic acids is 2. The topological polar surface area (TPSA) is 73.9 Å². The second kappa shape index (κ2) is 9.75. The molecule has 1 atom stereocenters. The first kappa shape index (κ1) is 20.4. The van der Waals surface area contributed by atoms with Gasteiger partial charge in [0.05, 0.1) is 20.3 Å². The fraction of sp³-hybridized carbons (Fsp3) is 0.182. The van der Waals surface area contributed by atoms with Crippen molar-refractivity contribution in [2.75, 3.05) is 20.8 Å². The number of hydrogen-bond acceptors (Lipinski definition) is 6. The Labute approximate surface area is 173 Å². The first-order valence-electron chi connectivity index (χ1n) is 8.89. The maximum absolute atomic E-state index is 12.5. The lowest BCUT2D eigenvalue weighted by atomic mass is 10.1. The summed E-state index contributed by atoms with van der Waals surface area (Å²) >= 11 is 1.55. The van der Waals surface area contributed by atoms with Crippen molar-refractivity contribution in [2.45, 2.75) is 6.04 Å². The van der Waals surface area contributed by atoms with Crippen LogP contribution in [0.2, 0.25) is 0 Å². The normalized spacial score (nSPS) is 11.4. The smallest absolute Gasteiger partial charge is 0.342 e. The van der Waals surface area contributed by atoms with Gasteiger partial charge < -0.3 is 19.5 Å². The van der Waals surface area contributed by atoms with Crippen LogP contribution in [-0.2, 0) is 9.53 Å². The molecule has 7 heteroatoms. The molecule has 2 aromatic carbocycles. The number of rotatable bonds is 8. The van der Waals surface area contributed by atoms with Gasteiger partial charge in [-0.1, -0.05) is 36.4 Å². The maximum atomic E-state index is 12.5. The molecule has 29 heavy (non-hydrogen) atoms. The van der Waals surface area contributed by atoms with Gasteiger partial charge in [-0.25, -0.2) is 4.79 Å². The largest absolute Gasteiger partial charge is 0.497 e. The number of benzene rings is 2. The van der Waals surface area contributed by atoms with Gasteiger partial charge in [0.1, 0.15) is 17.1 Å². The first-order valence-corrected chi connectivity index (χ1v) is 9.77. The van der Waals surface area contributed by atoms with Crippen LogP contribution >= 0.6 is 11.3 Å². The molecule has 3 rings (SSSR count). The molecule has 0 saturated heterocycles. The highest BCUT2D eigenvalue weighted by Gasteiger charge is 2.20. The minimum Gasteiger partial charge on any atom is -0.497 e. The standard InChI is InChI=1S/C22H21NO5S/c1-26-16-10-11-17(18(13-16)27-2)22(25)28-14-20(24)23-21(19-9-6-12-29-19)15-7-4-3-5-8-15/h3-13,21H,14H2,1-2H3,(H,23,24). The predicted molar refractivity (Wildman–Crippen MR) is 111 cm³/mol. The summed E-state index contributed by atoms with van der Waals surface area (Å²) in [5, 5.41) is 4.88. The van der Waals surface area contributed by atoms with Gasteiger partial charge in [0.2, 0.25) is 0 Å². The van der Waals surface area contributed by atoms with Gasteiger partial charge in [0.25, 0.3) is 5.91 Å². The summed E-state index contributed by atoms with van der Waals surface area (Å²) in [5.74, 6) is -0.173. The Morgan fingerprint density at radius 3 is 2.45 bits per heavy atom. The number of methoxy groups -OCH3 is 2. The van der Waals surface area contributed by atoms with Gasteiger partial charge in [-0.05, 0) is 29.1 Å². The minimum atomic E-state index is -0.646. The number of ether oxygens (including phenoxy) is 3. The number of esters is 1. The first-order chi connectivity index (χ1) is 14.1. The summed E-state index contributed by atoms with van der Waals surface area (Å²) in [7, 11) is 2.97. The molecule has 0 fully saturated rings. The van der Waals surface area contributed by atoms with E-state index in [1.54, 1.807) is 23.5 Å². The van der Waals surface area contributed by atoms with E-state index in [0.717, 1.165) is 10.4 Å². The number of carbonyl (C=O) groups is 2. The van der Waals surface area contributed by atoms with Crippen molar-refractivity contribution in [3.8, 4) is 11.5 Å². The zero-order valence-corrected chi connectivity index (χ0v) is 16.9. The highest BCUT2D eigenvalue weighted by atomic mass is 32.1. The van der Waals surface area contributed by atoms with Crippen molar-refractivity contribution in [2.24, 2.45) is 0 Å². The van der Waals surface area contributed by atoms with Crippen molar-refractivity contribution in [1.82, 2.24) is 5.32 Å². The number of hydrogen-bond donors (Lipinski definition) is 1. The monoisotopic (exact) mass is 411 g/mol. The van der Waals surface area contributed by atoms with Gasteiger partial charge in [-0.2, -0.15) is 0 Å². The Bertz CT molecular complexity index is 957. The van der Waals surface area contributed by atoms with Gasteiger partial charge in [-0.3, -0.25) is 4.79 Å². The quantitative estimate of drug-likeness (QED) is 0.571. The molecule has 1 amide bonds. The van der Waals surface area contributed by atoms with E-state index in [1.165, 1.54) is 20.3 Å². The molecule has 1 aromatic heterocycles. The highest BCUT2D eigenvalue weighted by Crippen LogP contribution is 2.27. The Hall–Kier alpha value is -3.32. The fourth-order valence-electron chi connectivity index (χ4n) is 2.80. The predicted octanol–water partition coefficient (Wildman–Crippen LogP) is 3.83. The van der Waals surface area contributed by atoms with Crippen molar-refractivity contribution < 1.29 is 23.8 Å². The van der Waals surface area contributed by atoms with Crippen LogP contribution in [0.3, 0.4) is 0 Å². The number of nitrogens with one attached hydrogen (secondary N) is 1. The van der Waals surface area contributed by atoms with Crippen LogP contribution in [0.15, 0.2) is 66.0 Å². The molecule has 0 aliphatic heterocycles. The van der Waals surface area contributed by atoms with E-state index in [0.29, 0.717) is 11.5 Å². The molecule has 0 bridgehead atoms. The fourth-order valence-corrected chi connectivity index (χ4v) is 3.60. The molecule has 0 aliphatic rings. The van der Waals surface area contributed by atoms with E-state index in [2.05, 4.69) is 5.32 Å². The van der Waals surface area contributed by atoms with Crippen LogP contribution in [0.1, 0.15) is 26.8 Å². The van der Waals surface area contributed by atoms with Crippen molar-refractivity contribution in [3.63, 3.8) is 0 Å².